The van der Waals surface area contributed by atoms with E-state index in [4.69, 9.17) is 19.4 Å². The van der Waals surface area contributed by atoms with Gasteiger partial charge in [0.25, 0.3) is 0 Å². The quantitative estimate of drug-likeness (QED) is 0.0470. The van der Waals surface area contributed by atoms with E-state index in [0.29, 0.717) is 70.3 Å². The molecule has 762 valence electrons. The fourth-order valence-corrected chi connectivity index (χ4v) is 12.4. The maximum absolute atomic E-state index is 12.7. The summed E-state index contributed by atoms with van der Waals surface area (Å²) in [5.74, 6) is 1.69. The first-order chi connectivity index (χ1) is 61.0. The first-order valence-electron chi connectivity index (χ1n) is 45.1. The summed E-state index contributed by atoms with van der Waals surface area (Å²) in [4.78, 5) is 35.7. The van der Waals surface area contributed by atoms with Crippen molar-refractivity contribution in [1.29, 1.82) is 0 Å². The standard InChI is InChI=1S/2C17H16N2O.C16H11F3N2.C15H9F3N2.4C11H24O2.4Ir/c1-11-8-12(2)17(18-10-11)16-6-4-13-9-14(20-3)5-7-15(13)19-16;1-11-4-5-12(2)18-17(11)16-8-6-13-10-14(20-3)7-9-15(13)19-16;1-10-3-2-4-14(20-10)15-7-5-11-9-12(16(17,18)19)6-8-13(11)21-15;16-15(17,18)11-5-7-12-10(9-11)4-6-14(20-12)13-3-1-2-8-19-13;4*1-10(2,3)8(12)7-9(13)11(4,5)6;;;;/h2*4-10H,1-3H3;2-9H,1H3;1-9H;4*8-9,12-13H,7H2,1-6H3;;;;. The molecule has 0 saturated carbocycles. The van der Waals surface area contributed by atoms with Crippen LogP contribution in [0.15, 0.2) is 188 Å². The fourth-order valence-electron chi connectivity index (χ4n) is 12.4. The second-order valence-corrected chi connectivity index (χ2v) is 42.9. The van der Waals surface area contributed by atoms with Crippen LogP contribution in [0.2, 0.25) is 0 Å². The summed E-state index contributed by atoms with van der Waals surface area (Å²) in [6.07, 6.45) is -6.89. The van der Waals surface area contributed by atoms with Gasteiger partial charge in [-0.15, -0.1) is 0 Å². The third-order valence-corrected chi connectivity index (χ3v) is 22.6. The number of aliphatic hydroxyl groups excluding tert-OH is 8. The number of rotatable bonds is 14. The molecule has 4 radical (unpaired) electrons. The number of alkyl halides is 6. The van der Waals surface area contributed by atoms with Crippen LogP contribution >= 0.6 is 0 Å². The van der Waals surface area contributed by atoms with Crippen molar-refractivity contribution in [3.05, 3.63) is 228 Å². The van der Waals surface area contributed by atoms with Crippen LogP contribution in [0.5, 0.6) is 11.5 Å². The Balaban J connectivity index is 0.000000787. The molecule has 0 amide bonds. The summed E-state index contributed by atoms with van der Waals surface area (Å²) in [5, 5.41) is 81.1. The maximum Gasteiger partial charge on any atom is 0.416 e. The van der Waals surface area contributed by atoms with Gasteiger partial charge in [-0.3, -0.25) is 19.9 Å². The smallest absolute Gasteiger partial charge is 0.416 e. The third-order valence-electron chi connectivity index (χ3n) is 22.6. The minimum Gasteiger partial charge on any atom is -0.497 e. The molecule has 8 atom stereocenters. The van der Waals surface area contributed by atoms with Crippen molar-refractivity contribution in [2.24, 2.45) is 43.3 Å². The SMILES string of the molecule is CC(C)(C)C(O)CC(O)C(C)(C)C.CC(C)(C)C(O)CC(O)C(C)(C)C.CC(C)(C)C(O)CC(O)C(C)(C)C.CC(C)(C)C(O)CC(O)C(C)(C)C.COc1ccc2nc(-c3nc(C)ccc3C)ccc2c1.COc1ccc2nc(-c3ncc(C)cc3C)ccc2c1.Cc1cccc(-c2ccc3cc(C(F)(F)F)ccc3n2)n1.FC(F)(F)c1ccc2nc(-c3ccccn3)ccc2c1.[Ir].[Ir].[Ir].[Ir]. The summed E-state index contributed by atoms with van der Waals surface area (Å²) in [6.45, 7) is 57.5. The average Bonchev–Trinajstić information content (AvgIpc) is 0.810. The zero-order chi connectivity index (χ0) is 101. The Morgan fingerprint density at radius 2 is 0.562 bits per heavy atom. The molecule has 0 bridgehead atoms. The van der Waals surface area contributed by atoms with Crippen molar-refractivity contribution in [3.63, 3.8) is 0 Å². The Kier molecular flexibility index (Phi) is 50.4. The van der Waals surface area contributed by atoms with Gasteiger partial charge in [-0.2, -0.15) is 26.3 Å². The first kappa shape index (κ1) is 128. The molecule has 18 nitrogen and oxygen atoms in total. The van der Waals surface area contributed by atoms with Crippen LogP contribution in [0.25, 0.3) is 89.2 Å². The number of hydrogen-bond acceptors (Lipinski definition) is 18. The van der Waals surface area contributed by atoms with Gasteiger partial charge in [0.15, 0.2) is 0 Å². The van der Waals surface area contributed by atoms with E-state index in [9.17, 15) is 67.2 Å². The number of aromatic nitrogens is 8. The number of nitrogens with zero attached hydrogens (tertiary/aromatic N) is 8. The summed E-state index contributed by atoms with van der Waals surface area (Å²) in [5.41, 5.74) is 12.1. The molecule has 8 aromatic heterocycles. The monoisotopic (exact) mass is 2610 g/mol. The van der Waals surface area contributed by atoms with Crippen LogP contribution in [0.1, 0.15) is 231 Å². The number of hydrogen-bond donors (Lipinski definition) is 8. The molecule has 28 heteroatoms. The summed E-state index contributed by atoms with van der Waals surface area (Å²) in [7, 11) is 3.34. The zero-order valence-corrected chi connectivity index (χ0v) is 95.0. The van der Waals surface area contributed by atoms with Gasteiger partial charge >= 0.3 is 12.4 Å². The molecule has 8 unspecified atom stereocenters. The molecule has 0 aliphatic carbocycles. The Labute approximate surface area is 863 Å². The molecule has 0 aliphatic heterocycles. The van der Waals surface area contributed by atoms with Crippen LogP contribution in [0.3, 0.4) is 0 Å². The molecule has 0 aliphatic rings. The summed E-state index contributed by atoms with van der Waals surface area (Å²) >= 11 is 0. The van der Waals surface area contributed by atoms with Crippen molar-refractivity contribution < 1.29 is 157 Å². The van der Waals surface area contributed by atoms with E-state index in [1.165, 1.54) is 12.1 Å². The van der Waals surface area contributed by atoms with Crippen molar-refractivity contribution in [2.75, 3.05) is 14.2 Å². The zero-order valence-electron chi connectivity index (χ0n) is 85.4. The van der Waals surface area contributed by atoms with Gasteiger partial charge in [0.1, 0.15) is 11.5 Å². The number of fused-ring (bicyclic) bond motifs is 4. The van der Waals surface area contributed by atoms with E-state index in [1.54, 1.807) is 56.8 Å². The van der Waals surface area contributed by atoms with Crippen molar-refractivity contribution in [2.45, 2.75) is 288 Å². The number of aliphatic hydroxyl groups is 8. The first-order valence-corrected chi connectivity index (χ1v) is 45.1. The molecule has 8 heterocycles. The number of aryl methyl sites for hydroxylation is 5. The third kappa shape index (κ3) is 42.3. The number of pyridine rings is 8. The van der Waals surface area contributed by atoms with E-state index in [0.717, 1.165) is 108 Å². The topological polar surface area (TPSA) is 283 Å². The predicted octanol–water partition coefficient (Wildman–Crippen LogP) is 25.5. The number of halogens is 6. The number of methoxy groups -OCH3 is 2. The Bertz CT molecular complexity index is 5460. The maximum atomic E-state index is 12.7. The predicted molar refractivity (Wildman–Crippen MR) is 529 cm³/mol. The van der Waals surface area contributed by atoms with Gasteiger partial charge in [-0.1, -0.05) is 215 Å². The van der Waals surface area contributed by atoms with Gasteiger partial charge in [-0.05, 0) is 222 Å². The van der Waals surface area contributed by atoms with Crippen molar-refractivity contribution >= 4 is 43.6 Å². The van der Waals surface area contributed by atoms with E-state index < -0.39 is 72.3 Å². The molecule has 0 spiro atoms. The summed E-state index contributed by atoms with van der Waals surface area (Å²) < 4.78 is 86.4. The molecule has 0 fully saturated rings. The number of ether oxygens (including phenoxy) is 2. The van der Waals surface area contributed by atoms with E-state index in [1.807, 2.05) is 272 Å². The van der Waals surface area contributed by atoms with Crippen LogP contribution in [-0.2, 0) is 92.8 Å². The van der Waals surface area contributed by atoms with Crippen LogP contribution in [0, 0.1) is 77.9 Å². The summed E-state index contributed by atoms with van der Waals surface area (Å²) in [6, 6.07) is 50.8. The normalized spacial score (nSPS) is 13.7. The largest absolute Gasteiger partial charge is 0.497 e. The number of benzene rings is 4. The van der Waals surface area contributed by atoms with Gasteiger partial charge in [0.2, 0.25) is 0 Å². The van der Waals surface area contributed by atoms with Gasteiger partial charge in [0.05, 0.1) is 142 Å². The molecule has 137 heavy (non-hydrogen) atoms. The van der Waals surface area contributed by atoms with E-state index in [-0.39, 0.29) is 124 Å². The molecule has 12 aromatic rings. The van der Waals surface area contributed by atoms with Crippen LogP contribution < -0.4 is 9.47 Å². The van der Waals surface area contributed by atoms with E-state index >= 15 is 0 Å². The van der Waals surface area contributed by atoms with Crippen molar-refractivity contribution in [1.82, 2.24) is 39.9 Å². The molecule has 4 aromatic carbocycles. The Morgan fingerprint density at radius 1 is 0.270 bits per heavy atom. The van der Waals surface area contributed by atoms with Gasteiger partial charge in [0, 0.05) is 151 Å². The molecular weight excluding hydrogens is 2460 g/mol. The molecule has 8 N–H and O–H groups in total. The van der Waals surface area contributed by atoms with Crippen LogP contribution in [-0.4, -0.2) is 144 Å². The Morgan fingerprint density at radius 3 is 0.869 bits per heavy atom. The van der Waals surface area contributed by atoms with Gasteiger partial charge in [-0.25, -0.2) is 19.9 Å². The second kappa shape index (κ2) is 54.2. The second-order valence-electron chi connectivity index (χ2n) is 42.9. The molecule has 12 rings (SSSR count). The Hall–Kier alpha value is -7.42. The van der Waals surface area contributed by atoms with Crippen LogP contribution in [0.4, 0.5) is 26.3 Å². The minimum absolute atomic E-state index is 0. The molecule has 0 saturated heterocycles. The van der Waals surface area contributed by atoms with Crippen molar-refractivity contribution in [3.8, 4) is 57.1 Å². The minimum atomic E-state index is -4.34. The van der Waals surface area contributed by atoms with Gasteiger partial charge < -0.3 is 50.3 Å². The van der Waals surface area contributed by atoms with E-state index in [2.05, 4.69) is 68.0 Å². The fraction of sp³-hybridized carbons (Fsp3) is 0.486. The average molecular weight is 2610 g/mol. The molecular formula is C109H148F6Ir4N8O10.